The van der Waals surface area contributed by atoms with Crippen molar-refractivity contribution in [2.75, 3.05) is 5.32 Å². The van der Waals surface area contributed by atoms with Gasteiger partial charge in [-0.3, -0.25) is 4.79 Å². The molecular weight excluding hydrogens is 398 g/mol. The summed E-state index contributed by atoms with van der Waals surface area (Å²) in [6.45, 7) is 3.91. The van der Waals surface area contributed by atoms with E-state index in [1.54, 1.807) is 30.6 Å². The van der Waals surface area contributed by atoms with Gasteiger partial charge in [-0.05, 0) is 44.4 Å². The van der Waals surface area contributed by atoms with E-state index in [0.29, 0.717) is 27.9 Å². The second kappa shape index (κ2) is 7.14. The SMILES string of the molecule is Cc1nc(C2CC2)nc2sc(C(=O)Nc3cnc(-c4cccc(O)c4)nc3)c(C)c12. The molecule has 0 spiro atoms. The van der Waals surface area contributed by atoms with Gasteiger partial charge in [-0.2, -0.15) is 0 Å². The van der Waals surface area contributed by atoms with Gasteiger partial charge in [-0.15, -0.1) is 11.3 Å². The van der Waals surface area contributed by atoms with Crippen molar-refractivity contribution in [3.63, 3.8) is 0 Å². The van der Waals surface area contributed by atoms with Gasteiger partial charge in [0.05, 0.1) is 28.7 Å². The van der Waals surface area contributed by atoms with Crippen LogP contribution in [0.25, 0.3) is 21.6 Å². The number of aromatic hydroxyl groups is 1. The summed E-state index contributed by atoms with van der Waals surface area (Å²) in [4.78, 5) is 32.3. The molecule has 4 aromatic rings. The fourth-order valence-corrected chi connectivity index (χ4v) is 4.61. The Balaban J connectivity index is 1.40. The van der Waals surface area contributed by atoms with Crippen LogP contribution in [0.2, 0.25) is 0 Å². The number of hydrogen-bond acceptors (Lipinski definition) is 7. The lowest BCUT2D eigenvalue weighted by Gasteiger charge is -2.05. The number of aryl methyl sites for hydroxylation is 2. The molecule has 30 heavy (non-hydrogen) atoms. The lowest BCUT2D eigenvalue weighted by atomic mass is 10.1. The zero-order valence-electron chi connectivity index (χ0n) is 16.5. The third kappa shape index (κ3) is 3.39. The first kappa shape index (κ1) is 18.6. The average molecular weight is 417 g/mol. The molecule has 5 rings (SSSR count). The summed E-state index contributed by atoms with van der Waals surface area (Å²) in [5.74, 6) is 1.77. The average Bonchev–Trinajstić information content (AvgIpc) is 3.52. The van der Waals surface area contributed by atoms with Crippen molar-refractivity contribution >= 4 is 33.1 Å². The van der Waals surface area contributed by atoms with Gasteiger partial charge in [0, 0.05) is 16.9 Å². The number of benzene rings is 1. The molecule has 3 aromatic heterocycles. The number of aromatic nitrogens is 4. The van der Waals surface area contributed by atoms with E-state index in [4.69, 9.17) is 4.98 Å². The first-order chi connectivity index (χ1) is 14.5. The first-order valence-corrected chi connectivity index (χ1v) is 10.5. The summed E-state index contributed by atoms with van der Waals surface area (Å²) in [5.41, 5.74) is 3.02. The molecule has 0 radical (unpaired) electrons. The van der Waals surface area contributed by atoms with Crippen LogP contribution in [0, 0.1) is 13.8 Å². The Hall–Kier alpha value is -3.39. The summed E-state index contributed by atoms with van der Waals surface area (Å²) < 4.78 is 0. The van der Waals surface area contributed by atoms with Crippen molar-refractivity contribution in [2.24, 2.45) is 0 Å². The number of amides is 1. The Bertz CT molecular complexity index is 1280. The van der Waals surface area contributed by atoms with Gasteiger partial charge in [0.2, 0.25) is 0 Å². The Morgan fingerprint density at radius 3 is 2.63 bits per heavy atom. The van der Waals surface area contributed by atoms with Crippen LogP contribution < -0.4 is 5.32 Å². The molecule has 150 valence electrons. The number of thiophene rings is 1. The van der Waals surface area contributed by atoms with E-state index in [1.165, 1.54) is 11.3 Å². The van der Waals surface area contributed by atoms with E-state index in [-0.39, 0.29) is 11.7 Å². The first-order valence-electron chi connectivity index (χ1n) is 9.70. The van der Waals surface area contributed by atoms with Crippen molar-refractivity contribution in [3.05, 3.63) is 58.6 Å². The van der Waals surface area contributed by atoms with Crippen LogP contribution in [0.15, 0.2) is 36.7 Å². The minimum Gasteiger partial charge on any atom is -0.508 e. The maximum Gasteiger partial charge on any atom is 0.266 e. The van der Waals surface area contributed by atoms with Gasteiger partial charge in [0.1, 0.15) is 16.4 Å². The molecule has 0 saturated heterocycles. The molecule has 3 heterocycles. The fourth-order valence-electron chi connectivity index (χ4n) is 3.48. The zero-order valence-corrected chi connectivity index (χ0v) is 17.3. The molecule has 1 fully saturated rings. The van der Waals surface area contributed by atoms with Crippen molar-refractivity contribution in [1.29, 1.82) is 0 Å². The lowest BCUT2D eigenvalue weighted by Crippen LogP contribution is -2.12. The molecule has 0 unspecified atom stereocenters. The van der Waals surface area contributed by atoms with Gasteiger partial charge < -0.3 is 10.4 Å². The quantitative estimate of drug-likeness (QED) is 0.503. The number of carbonyl (C=O) groups is 1. The van der Waals surface area contributed by atoms with E-state index in [0.717, 1.165) is 40.1 Å². The highest BCUT2D eigenvalue weighted by atomic mass is 32.1. The second-order valence-corrected chi connectivity index (χ2v) is 8.48. The van der Waals surface area contributed by atoms with Gasteiger partial charge in [0.25, 0.3) is 5.91 Å². The van der Waals surface area contributed by atoms with E-state index in [1.807, 2.05) is 19.9 Å². The third-order valence-corrected chi connectivity index (χ3v) is 6.34. The topological polar surface area (TPSA) is 101 Å². The van der Waals surface area contributed by atoms with Gasteiger partial charge in [-0.1, -0.05) is 12.1 Å². The van der Waals surface area contributed by atoms with Crippen LogP contribution in [-0.2, 0) is 0 Å². The molecule has 1 amide bonds. The Labute approximate surface area is 176 Å². The molecule has 0 atom stereocenters. The van der Waals surface area contributed by atoms with E-state index >= 15 is 0 Å². The smallest absolute Gasteiger partial charge is 0.266 e. The molecule has 0 bridgehead atoms. The summed E-state index contributed by atoms with van der Waals surface area (Å²) in [6.07, 6.45) is 5.40. The van der Waals surface area contributed by atoms with Gasteiger partial charge in [-0.25, -0.2) is 19.9 Å². The van der Waals surface area contributed by atoms with E-state index < -0.39 is 0 Å². The maximum atomic E-state index is 12.9. The number of rotatable bonds is 4. The number of carbonyl (C=O) groups excluding carboxylic acids is 1. The number of nitrogens with one attached hydrogen (secondary N) is 1. The third-order valence-electron chi connectivity index (χ3n) is 5.15. The maximum absolute atomic E-state index is 12.9. The number of anilines is 1. The molecule has 2 N–H and O–H groups in total. The summed E-state index contributed by atoms with van der Waals surface area (Å²) in [7, 11) is 0. The number of phenols is 1. The van der Waals surface area contributed by atoms with Gasteiger partial charge in [0.15, 0.2) is 5.82 Å². The van der Waals surface area contributed by atoms with Crippen LogP contribution in [0.1, 0.15) is 45.5 Å². The van der Waals surface area contributed by atoms with Crippen LogP contribution in [-0.4, -0.2) is 30.9 Å². The normalized spacial score (nSPS) is 13.5. The lowest BCUT2D eigenvalue weighted by molar-refractivity contribution is 0.103. The molecule has 8 heteroatoms. The van der Waals surface area contributed by atoms with Crippen molar-refractivity contribution in [3.8, 4) is 17.1 Å². The highest BCUT2D eigenvalue weighted by molar-refractivity contribution is 7.20. The fraction of sp³-hybridized carbons (Fsp3) is 0.227. The van der Waals surface area contributed by atoms with Crippen LogP contribution in [0.3, 0.4) is 0 Å². The molecule has 1 aliphatic rings. The second-order valence-electron chi connectivity index (χ2n) is 7.48. The molecule has 0 aliphatic heterocycles. The molecule has 1 aromatic carbocycles. The highest BCUT2D eigenvalue weighted by Crippen LogP contribution is 2.40. The summed E-state index contributed by atoms with van der Waals surface area (Å²) >= 11 is 1.39. The summed E-state index contributed by atoms with van der Waals surface area (Å²) in [5, 5.41) is 13.4. The Kier molecular flexibility index (Phi) is 4.43. The van der Waals surface area contributed by atoms with Crippen molar-refractivity contribution in [1.82, 2.24) is 19.9 Å². The Morgan fingerprint density at radius 2 is 1.93 bits per heavy atom. The predicted octanol–water partition coefficient (Wildman–Crippen LogP) is 4.60. The van der Waals surface area contributed by atoms with Gasteiger partial charge >= 0.3 is 0 Å². The van der Waals surface area contributed by atoms with Crippen LogP contribution in [0.4, 0.5) is 5.69 Å². The number of nitrogens with zero attached hydrogens (tertiary/aromatic N) is 4. The minimum absolute atomic E-state index is 0.150. The monoisotopic (exact) mass is 417 g/mol. The molecule has 1 saturated carbocycles. The van der Waals surface area contributed by atoms with Crippen molar-refractivity contribution in [2.45, 2.75) is 32.6 Å². The van der Waals surface area contributed by atoms with Crippen molar-refractivity contribution < 1.29 is 9.90 Å². The number of fused-ring (bicyclic) bond motifs is 1. The molecule has 7 nitrogen and oxygen atoms in total. The predicted molar refractivity (Wildman–Crippen MR) is 116 cm³/mol. The molecular formula is C22H19N5O2S. The molecule has 1 aliphatic carbocycles. The van der Waals surface area contributed by atoms with Crippen LogP contribution >= 0.6 is 11.3 Å². The Morgan fingerprint density at radius 1 is 1.17 bits per heavy atom. The largest absolute Gasteiger partial charge is 0.508 e. The van der Waals surface area contributed by atoms with Crippen LogP contribution in [0.5, 0.6) is 5.75 Å². The van der Waals surface area contributed by atoms with E-state index in [2.05, 4.69) is 20.3 Å². The zero-order chi connectivity index (χ0) is 20.8. The summed E-state index contributed by atoms with van der Waals surface area (Å²) in [6, 6.07) is 6.72. The minimum atomic E-state index is -0.212. The standard InChI is InChI=1S/C22H19N5O2S/c1-11-17-12(2)25-20(13-6-7-13)27-22(17)30-18(11)21(29)26-15-9-23-19(24-10-15)14-4-3-5-16(28)8-14/h3-5,8-10,13,28H,6-7H2,1-2H3,(H,26,29). The van der Waals surface area contributed by atoms with E-state index in [9.17, 15) is 9.90 Å². The number of hydrogen-bond donors (Lipinski definition) is 2. The number of phenolic OH excluding ortho intramolecular Hbond substituents is 1. The highest BCUT2D eigenvalue weighted by Gasteiger charge is 2.28.